The number of carbonyl (C=O) groups is 3. The highest BCUT2D eigenvalue weighted by atomic mass is 35.5. The molecule has 0 saturated carbocycles. The molecule has 2 aliphatic heterocycles. The van der Waals surface area contributed by atoms with Crippen molar-refractivity contribution in [2.75, 3.05) is 10.2 Å². The third-order valence-corrected chi connectivity index (χ3v) is 10.8. The maximum atomic E-state index is 14.0. The predicted octanol–water partition coefficient (Wildman–Crippen LogP) is 6.46. The molecule has 0 aliphatic carbocycles. The van der Waals surface area contributed by atoms with Gasteiger partial charge in [0.05, 0.1) is 16.6 Å². The molecule has 1 aromatic heterocycles. The SMILES string of the molecule is Cc1ccc(N2C(=O)[C@H]3[C@H](c4ccc(Cl)cc4)c4sc(=O)n(CC(=O)Nc5cccc6ccccc56)c4S[C@H]3C2=O)cc1. The van der Waals surface area contributed by atoms with Crippen LogP contribution in [0, 0.1) is 12.8 Å². The predicted molar refractivity (Wildman–Crippen MR) is 171 cm³/mol. The summed E-state index contributed by atoms with van der Waals surface area (Å²) >= 11 is 8.40. The zero-order valence-electron chi connectivity index (χ0n) is 22.8. The first-order valence-electron chi connectivity index (χ1n) is 13.7. The van der Waals surface area contributed by atoms with Gasteiger partial charge in [0.1, 0.15) is 11.8 Å². The first-order valence-corrected chi connectivity index (χ1v) is 15.8. The van der Waals surface area contributed by atoms with E-state index in [4.69, 9.17) is 11.6 Å². The van der Waals surface area contributed by atoms with Crippen molar-refractivity contribution in [1.82, 2.24) is 4.57 Å². The van der Waals surface area contributed by atoms with E-state index in [1.807, 2.05) is 73.7 Å². The quantitative estimate of drug-likeness (QED) is 0.227. The average Bonchev–Trinajstić information content (AvgIpc) is 3.44. The van der Waals surface area contributed by atoms with Gasteiger partial charge in [0.2, 0.25) is 17.7 Å². The lowest BCUT2D eigenvalue weighted by Crippen LogP contribution is -2.33. The van der Waals surface area contributed by atoms with Gasteiger partial charge in [0, 0.05) is 26.9 Å². The molecule has 43 heavy (non-hydrogen) atoms. The van der Waals surface area contributed by atoms with Crippen LogP contribution in [0.3, 0.4) is 0 Å². The Morgan fingerprint density at radius 3 is 2.37 bits per heavy atom. The molecule has 0 radical (unpaired) electrons. The Balaban J connectivity index is 1.28. The fourth-order valence-corrected chi connectivity index (χ4v) is 8.80. The van der Waals surface area contributed by atoms with E-state index < -0.39 is 17.1 Å². The fraction of sp³-hybridized carbons (Fsp3) is 0.152. The Morgan fingerprint density at radius 1 is 0.884 bits per heavy atom. The fourth-order valence-electron chi connectivity index (χ4n) is 5.90. The molecule has 0 unspecified atom stereocenters. The Hall–Kier alpha value is -4.18. The van der Waals surface area contributed by atoms with E-state index in [2.05, 4.69) is 5.32 Å². The number of imide groups is 1. The smallest absolute Gasteiger partial charge is 0.308 e. The number of rotatable bonds is 5. The number of hydrogen-bond donors (Lipinski definition) is 1. The minimum atomic E-state index is -0.761. The van der Waals surface area contributed by atoms with Crippen LogP contribution in [-0.4, -0.2) is 27.5 Å². The minimum absolute atomic E-state index is 0.227. The Morgan fingerprint density at radius 2 is 1.60 bits per heavy atom. The number of nitrogens with zero attached hydrogens (tertiary/aromatic N) is 2. The van der Waals surface area contributed by atoms with Crippen LogP contribution in [0.5, 0.6) is 0 Å². The number of halogens is 1. The van der Waals surface area contributed by atoms with Crippen molar-refractivity contribution in [2.45, 2.75) is 29.7 Å². The number of thiazole rings is 1. The van der Waals surface area contributed by atoms with Crippen LogP contribution in [-0.2, 0) is 20.9 Å². The molecule has 3 atom stereocenters. The lowest BCUT2D eigenvalue weighted by atomic mass is 9.83. The highest BCUT2D eigenvalue weighted by Crippen LogP contribution is 2.54. The van der Waals surface area contributed by atoms with Crippen molar-refractivity contribution in [1.29, 1.82) is 0 Å². The van der Waals surface area contributed by atoms with Gasteiger partial charge in [-0.2, -0.15) is 0 Å². The van der Waals surface area contributed by atoms with Crippen LogP contribution in [0.25, 0.3) is 10.8 Å². The molecule has 214 valence electrons. The van der Waals surface area contributed by atoms with Gasteiger partial charge < -0.3 is 5.32 Å². The van der Waals surface area contributed by atoms with Crippen molar-refractivity contribution in [2.24, 2.45) is 5.92 Å². The van der Waals surface area contributed by atoms with Crippen LogP contribution in [0.4, 0.5) is 11.4 Å². The summed E-state index contributed by atoms with van der Waals surface area (Å²) in [5.74, 6) is -2.27. The summed E-state index contributed by atoms with van der Waals surface area (Å²) in [6.07, 6.45) is 0. The summed E-state index contributed by atoms with van der Waals surface area (Å²) in [7, 11) is 0. The Kier molecular flexibility index (Phi) is 6.96. The molecule has 0 spiro atoms. The van der Waals surface area contributed by atoms with Crippen molar-refractivity contribution in [3.63, 3.8) is 0 Å². The number of amides is 3. The third-order valence-electron chi connectivity index (χ3n) is 7.94. The van der Waals surface area contributed by atoms with Gasteiger partial charge in [0.15, 0.2) is 0 Å². The number of anilines is 2. The van der Waals surface area contributed by atoms with Gasteiger partial charge in [-0.25, -0.2) is 4.90 Å². The minimum Gasteiger partial charge on any atom is -0.324 e. The van der Waals surface area contributed by atoms with Gasteiger partial charge in [-0.1, -0.05) is 101 Å². The topological polar surface area (TPSA) is 88.5 Å². The van der Waals surface area contributed by atoms with Gasteiger partial charge in [-0.3, -0.25) is 23.7 Å². The van der Waals surface area contributed by atoms with E-state index in [-0.39, 0.29) is 29.1 Å². The summed E-state index contributed by atoms with van der Waals surface area (Å²) in [6, 6.07) is 27.8. The third kappa shape index (κ3) is 4.77. The number of nitrogens with one attached hydrogen (secondary N) is 1. The van der Waals surface area contributed by atoms with E-state index in [0.717, 1.165) is 33.2 Å². The maximum absolute atomic E-state index is 14.0. The second-order valence-electron chi connectivity index (χ2n) is 10.6. The molecule has 7 nitrogen and oxygen atoms in total. The number of benzene rings is 4. The second-order valence-corrected chi connectivity index (χ2v) is 13.2. The molecule has 0 bridgehead atoms. The molecule has 3 amide bonds. The normalized spacial score (nSPS) is 19.4. The first-order chi connectivity index (χ1) is 20.8. The molecule has 1 saturated heterocycles. The number of hydrogen-bond acceptors (Lipinski definition) is 6. The standard InChI is InChI=1S/C33H24ClN3O4S2/c1-18-9-15-22(16-10-18)37-30(39)27-26(20-11-13-21(34)14-12-20)29-32(42-28(27)31(37)40)36(33(41)43-29)17-25(38)35-24-8-4-6-19-5-2-3-7-23(19)24/h2-16,26-28H,17H2,1H3,(H,35,38)/t26-,27-,28+/m0/s1. The molecule has 1 fully saturated rings. The number of aromatic nitrogens is 1. The molecule has 1 N–H and O–H groups in total. The van der Waals surface area contributed by atoms with E-state index in [9.17, 15) is 19.2 Å². The summed E-state index contributed by atoms with van der Waals surface area (Å²) in [6.45, 7) is 1.72. The highest BCUT2D eigenvalue weighted by molar-refractivity contribution is 8.00. The largest absolute Gasteiger partial charge is 0.324 e. The summed E-state index contributed by atoms with van der Waals surface area (Å²) < 4.78 is 1.43. The molecule has 3 heterocycles. The van der Waals surface area contributed by atoms with Crippen molar-refractivity contribution in [3.05, 3.63) is 122 Å². The van der Waals surface area contributed by atoms with Gasteiger partial charge >= 0.3 is 4.87 Å². The molecule has 7 rings (SSSR count). The van der Waals surface area contributed by atoms with E-state index >= 15 is 0 Å². The highest BCUT2D eigenvalue weighted by Gasteiger charge is 2.56. The average molecular weight is 626 g/mol. The molecular formula is C33H24ClN3O4S2. The summed E-state index contributed by atoms with van der Waals surface area (Å²) in [5.41, 5.74) is 2.96. The number of carbonyl (C=O) groups excluding carboxylic acids is 3. The molecule has 2 aliphatic rings. The number of fused-ring (bicyclic) bond motifs is 3. The summed E-state index contributed by atoms with van der Waals surface area (Å²) in [5, 5.41) is 5.15. The van der Waals surface area contributed by atoms with Crippen molar-refractivity contribution in [3.8, 4) is 0 Å². The van der Waals surface area contributed by atoms with E-state index in [1.165, 1.54) is 21.2 Å². The van der Waals surface area contributed by atoms with E-state index in [1.54, 1.807) is 24.3 Å². The number of thioether (sulfide) groups is 1. The molecule has 4 aromatic carbocycles. The summed E-state index contributed by atoms with van der Waals surface area (Å²) in [4.78, 5) is 56.3. The first kappa shape index (κ1) is 27.6. The van der Waals surface area contributed by atoms with Crippen molar-refractivity contribution >= 4 is 74.6 Å². The van der Waals surface area contributed by atoms with Gasteiger partial charge in [0.25, 0.3) is 0 Å². The molecule has 10 heteroatoms. The Labute approximate surface area is 260 Å². The van der Waals surface area contributed by atoms with Crippen LogP contribution in [0.1, 0.15) is 21.9 Å². The maximum Gasteiger partial charge on any atom is 0.308 e. The zero-order chi connectivity index (χ0) is 29.8. The second kappa shape index (κ2) is 10.8. The van der Waals surface area contributed by atoms with Crippen LogP contribution < -0.4 is 15.1 Å². The monoisotopic (exact) mass is 625 g/mol. The molecular weight excluding hydrogens is 602 g/mol. The zero-order valence-corrected chi connectivity index (χ0v) is 25.2. The lowest BCUT2D eigenvalue weighted by molar-refractivity contribution is -0.122. The molecule has 5 aromatic rings. The van der Waals surface area contributed by atoms with E-state index in [0.29, 0.717) is 26.3 Å². The van der Waals surface area contributed by atoms with Crippen molar-refractivity contribution < 1.29 is 14.4 Å². The Bertz CT molecular complexity index is 1980. The lowest BCUT2D eigenvalue weighted by Gasteiger charge is -2.30. The van der Waals surface area contributed by atoms with Gasteiger partial charge in [-0.05, 0) is 48.2 Å². The van der Waals surface area contributed by atoms with Crippen LogP contribution >= 0.6 is 34.7 Å². The van der Waals surface area contributed by atoms with Gasteiger partial charge in [-0.15, -0.1) is 0 Å². The number of aryl methyl sites for hydroxylation is 1. The van der Waals surface area contributed by atoms with Crippen LogP contribution in [0.2, 0.25) is 5.02 Å². The van der Waals surface area contributed by atoms with Crippen LogP contribution in [0.15, 0.2) is 101 Å².